The lowest BCUT2D eigenvalue weighted by Gasteiger charge is -2.15. The third-order valence-corrected chi connectivity index (χ3v) is 4.01. The van der Waals surface area contributed by atoms with Gasteiger partial charge in [-0.3, -0.25) is 9.78 Å². The SMILES string of the molecule is COCCn1cnnc1C(C)NC(=O)c1ccc(-c2cncc(N)n2)cc1. The Morgan fingerprint density at radius 1 is 1.30 bits per heavy atom. The zero-order chi connectivity index (χ0) is 19.2. The van der Waals surface area contributed by atoms with Crippen LogP contribution in [0, 0.1) is 0 Å². The van der Waals surface area contributed by atoms with E-state index < -0.39 is 0 Å². The summed E-state index contributed by atoms with van der Waals surface area (Å²) >= 11 is 0. The highest BCUT2D eigenvalue weighted by molar-refractivity contribution is 5.94. The molecule has 1 atom stereocenters. The molecule has 1 aromatic carbocycles. The molecule has 2 aromatic heterocycles. The number of aromatic nitrogens is 5. The number of nitrogens with two attached hydrogens (primary N) is 1. The highest BCUT2D eigenvalue weighted by Crippen LogP contribution is 2.18. The molecule has 0 bridgehead atoms. The summed E-state index contributed by atoms with van der Waals surface area (Å²) in [5, 5.41) is 10.9. The lowest BCUT2D eigenvalue weighted by molar-refractivity contribution is 0.0937. The second-order valence-electron chi connectivity index (χ2n) is 5.98. The third kappa shape index (κ3) is 4.45. The van der Waals surface area contributed by atoms with Gasteiger partial charge in [-0.2, -0.15) is 0 Å². The molecule has 0 radical (unpaired) electrons. The van der Waals surface area contributed by atoms with Crippen molar-refractivity contribution in [3.63, 3.8) is 0 Å². The number of hydrogen-bond donors (Lipinski definition) is 2. The first-order valence-electron chi connectivity index (χ1n) is 8.44. The van der Waals surface area contributed by atoms with Crippen LogP contribution in [-0.2, 0) is 11.3 Å². The molecular weight excluding hydrogens is 346 g/mol. The number of nitrogens with one attached hydrogen (secondary N) is 1. The number of hydrogen-bond acceptors (Lipinski definition) is 7. The van der Waals surface area contributed by atoms with Gasteiger partial charge < -0.3 is 20.4 Å². The summed E-state index contributed by atoms with van der Waals surface area (Å²) in [7, 11) is 1.63. The van der Waals surface area contributed by atoms with Gasteiger partial charge in [-0.15, -0.1) is 10.2 Å². The average molecular weight is 367 g/mol. The molecule has 3 N–H and O–H groups in total. The zero-order valence-electron chi connectivity index (χ0n) is 15.2. The lowest BCUT2D eigenvalue weighted by Crippen LogP contribution is -2.29. The summed E-state index contributed by atoms with van der Waals surface area (Å²) in [6.45, 7) is 3.02. The molecule has 2 heterocycles. The Kier molecular flexibility index (Phi) is 5.72. The molecule has 1 amide bonds. The molecule has 0 aliphatic carbocycles. The molecule has 0 spiro atoms. The Hall–Kier alpha value is -3.33. The predicted octanol–water partition coefficient (Wildman–Crippen LogP) is 1.45. The van der Waals surface area contributed by atoms with E-state index in [1.165, 1.54) is 6.20 Å². The Morgan fingerprint density at radius 2 is 2.07 bits per heavy atom. The summed E-state index contributed by atoms with van der Waals surface area (Å²) in [5.74, 6) is 0.821. The van der Waals surface area contributed by atoms with Crippen molar-refractivity contribution in [1.82, 2.24) is 30.0 Å². The van der Waals surface area contributed by atoms with Crippen molar-refractivity contribution in [3.8, 4) is 11.3 Å². The van der Waals surface area contributed by atoms with Crippen molar-refractivity contribution in [1.29, 1.82) is 0 Å². The van der Waals surface area contributed by atoms with Crippen molar-refractivity contribution in [2.75, 3.05) is 19.5 Å². The number of methoxy groups -OCH3 is 1. The largest absolute Gasteiger partial charge is 0.383 e. The number of rotatable bonds is 7. The summed E-state index contributed by atoms with van der Waals surface area (Å²) in [4.78, 5) is 20.8. The van der Waals surface area contributed by atoms with Crippen LogP contribution in [0.15, 0.2) is 43.0 Å². The van der Waals surface area contributed by atoms with Crippen LogP contribution >= 0.6 is 0 Å². The van der Waals surface area contributed by atoms with E-state index in [0.29, 0.717) is 36.1 Å². The van der Waals surface area contributed by atoms with Crippen LogP contribution in [0.4, 0.5) is 5.82 Å². The summed E-state index contributed by atoms with van der Waals surface area (Å²) in [6, 6.07) is 6.79. The van der Waals surface area contributed by atoms with Gasteiger partial charge in [0.15, 0.2) is 5.82 Å². The van der Waals surface area contributed by atoms with Gasteiger partial charge in [0, 0.05) is 24.8 Å². The normalized spacial score (nSPS) is 11.9. The van der Waals surface area contributed by atoms with Gasteiger partial charge in [-0.25, -0.2) is 4.98 Å². The number of ether oxygens (including phenoxy) is 1. The maximum absolute atomic E-state index is 12.5. The summed E-state index contributed by atoms with van der Waals surface area (Å²) < 4.78 is 6.93. The van der Waals surface area contributed by atoms with E-state index in [-0.39, 0.29) is 11.9 Å². The number of amides is 1. The Bertz CT molecular complexity index is 908. The van der Waals surface area contributed by atoms with Crippen molar-refractivity contribution >= 4 is 11.7 Å². The molecule has 3 aromatic rings. The molecule has 0 fully saturated rings. The van der Waals surface area contributed by atoms with Crippen molar-refractivity contribution < 1.29 is 9.53 Å². The molecule has 9 heteroatoms. The van der Waals surface area contributed by atoms with Crippen molar-refractivity contribution in [3.05, 3.63) is 54.4 Å². The lowest BCUT2D eigenvalue weighted by atomic mass is 10.1. The number of nitrogens with zero attached hydrogens (tertiary/aromatic N) is 5. The quantitative estimate of drug-likeness (QED) is 0.648. The van der Waals surface area contributed by atoms with Crippen LogP contribution in [0.25, 0.3) is 11.3 Å². The van der Waals surface area contributed by atoms with Crippen LogP contribution in [0.2, 0.25) is 0 Å². The second-order valence-corrected chi connectivity index (χ2v) is 5.98. The second kappa shape index (κ2) is 8.37. The van der Waals surface area contributed by atoms with E-state index >= 15 is 0 Å². The minimum Gasteiger partial charge on any atom is -0.383 e. The van der Waals surface area contributed by atoms with Gasteiger partial charge in [0.2, 0.25) is 0 Å². The average Bonchev–Trinajstić information content (AvgIpc) is 3.15. The number of anilines is 1. The van der Waals surface area contributed by atoms with Crippen LogP contribution in [0.1, 0.15) is 29.1 Å². The Balaban J connectivity index is 1.68. The van der Waals surface area contributed by atoms with Gasteiger partial charge >= 0.3 is 0 Å². The number of carbonyl (C=O) groups excluding carboxylic acids is 1. The number of benzene rings is 1. The minimum atomic E-state index is -0.295. The van der Waals surface area contributed by atoms with E-state index in [4.69, 9.17) is 10.5 Å². The molecule has 0 saturated carbocycles. The zero-order valence-corrected chi connectivity index (χ0v) is 15.2. The molecule has 0 aliphatic heterocycles. The van der Waals surface area contributed by atoms with Gasteiger partial charge in [0.05, 0.1) is 30.7 Å². The maximum atomic E-state index is 12.5. The molecule has 0 aliphatic rings. The Labute approximate surface area is 156 Å². The minimum absolute atomic E-state index is 0.200. The monoisotopic (exact) mass is 367 g/mol. The van der Waals surface area contributed by atoms with Crippen LogP contribution in [-0.4, -0.2) is 44.4 Å². The molecule has 3 rings (SSSR count). The first-order valence-corrected chi connectivity index (χ1v) is 8.44. The van der Waals surface area contributed by atoms with Gasteiger partial charge in [0.1, 0.15) is 12.1 Å². The molecule has 0 saturated heterocycles. The predicted molar refractivity (Wildman–Crippen MR) is 99.7 cm³/mol. The fraction of sp³-hybridized carbons (Fsp3) is 0.278. The molecule has 27 heavy (non-hydrogen) atoms. The van der Waals surface area contributed by atoms with Crippen LogP contribution in [0.3, 0.4) is 0 Å². The highest BCUT2D eigenvalue weighted by Gasteiger charge is 2.16. The molecule has 140 valence electrons. The van der Waals surface area contributed by atoms with Crippen molar-refractivity contribution in [2.45, 2.75) is 19.5 Å². The molecular formula is C18H21N7O2. The highest BCUT2D eigenvalue weighted by atomic mass is 16.5. The van der Waals surface area contributed by atoms with Crippen LogP contribution in [0.5, 0.6) is 0 Å². The van der Waals surface area contributed by atoms with Gasteiger partial charge in [0.25, 0.3) is 5.91 Å². The van der Waals surface area contributed by atoms with Gasteiger partial charge in [-0.1, -0.05) is 12.1 Å². The Morgan fingerprint density at radius 3 is 2.78 bits per heavy atom. The number of carbonyl (C=O) groups is 1. The standard InChI is InChI=1S/C18H21N7O2/c1-12(17-24-21-11-25(17)7-8-27-2)22-18(26)14-5-3-13(4-6-14)15-9-20-10-16(19)23-15/h3-6,9-12H,7-8H2,1-2H3,(H2,19,23)(H,22,26). The topological polar surface area (TPSA) is 121 Å². The third-order valence-electron chi connectivity index (χ3n) is 4.01. The smallest absolute Gasteiger partial charge is 0.251 e. The van der Waals surface area contributed by atoms with Crippen molar-refractivity contribution in [2.24, 2.45) is 0 Å². The first kappa shape index (κ1) is 18.5. The first-order chi connectivity index (χ1) is 13.1. The number of nitrogen functional groups attached to an aromatic ring is 1. The van der Waals surface area contributed by atoms with E-state index in [1.54, 1.807) is 31.8 Å². The fourth-order valence-corrected chi connectivity index (χ4v) is 2.62. The van der Waals surface area contributed by atoms with E-state index in [0.717, 1.165) is 5.56 Å². The molecule has 9 nitrogen and oxygen atoms in total. The molecule has 1 unspecified atom stereocenters. The van der Waals surface area contributed by atoms with E-state index in [9.17, 15) is 4.79 Å². The summed E-state index contributed by atoms with van der Waals surface area (Å²) in [5.41, 5.74) is 7.68. The van der Waals surface area contributed by atoms with Crippen LogP contribution < -0.4 is 11.1 Å². The van der Waals surface area contributed by atoms with Gasteiger partial charge in [-0.05, 0) is 19.1 Å². The summed E-state index contributed by atoms with van der Waals surface area (Å²) in [6.07, 6.45) is 4.73. The van der Waals surface area contributed by atoms with E-state index in [1.807, 2.05) is 23.6 Å². The maximum Gasteiger partial charge on any atom is 0.251 e. The van der Waals surface area contributed by atoms with E-state index in [2.05, 4.69) is 25.5 Å². The fourth-order valence-electron chi connectivity index (χ4n) is 2.62.